The number of halogens is 1. The average Bonchev–Trinajstić information content (AvgIpc) is 2.44. The fourth-order valence-corrected chi connectivity index (χ4v) is 2.70. The number of aryl methyl sites for hydroxylation is 2. The third-order valence-electron chi connectivity index (χ3n) is 3.68. The number of benzene rings is 1. The number of rotatable bonds is 9. The maximum Gasteiger partial charge on any atom is 0.220 e. The number of alkyl halides is 1. The lowest BCUT2D eigenvalue weighted by Crippen LogP contribution is -2.29. The number of hydrogen-bond donors (Lipinski definition) is 1. The van der Waals surface area contributed by atoms with E-state index >= 15 is 0 Å². The Morgan fingerprint density at radius 2 is 2.05 bits per heavy atom. The first-order valence-corrected chi connectivity index (χ1v) is 8.08. The topological polar surface area (TPSA) is 29.1 Å². The summed E-state index contributed by atoms with van der Waals surface area (Å²) >= 11 is 5.79. The van der Waals surface area contributed by atoms with Gasteiger partial charge >= 0.3 is 0 Å². The van der Waals surface area contributed by atoms with Crippen LogP contribution in [0.1, 0.15) is 43.7 Å². The monoisotopic (exact) mass is 295 g/mol. The molecule has 0 aliphatic heterocycles. The van der Waals surface area contributed by atoms with E-state index in [1.807, 2.05) is 12.1 Å². The SMILES string of the molecule is CCCC(CCCl)CNC(=O)CCc1ccccc1C. The molecule has 20 heavy (non-hydrogen) atoms. The minimum Gasteiger partial charge on any atom is -0.356 e. The highest BCUT2D eigenvalue weighted by Crippen LogP contribution is 2.12. The van der Waals surface area contributed by atoms with Gasteiger partial charge in [-0.1, -0.05) is 37.6 Å². The highest BCUT2D eigenvalue weighted by molar-refractivity contribution is 6.17. The third-order valence-corrected chi connectivity index (χ3v) is 3.90. The van der Waals surface area contributed by atoms with Crippen LogP contribution in [-0.4, -0.2) is 18.3 Å². The van der Waals surface area contributed by atoms with E-state index in [0.29, 0.717) is 18.2 Å². The molecular formula is C17H26ClNO. The van der Waals surface area contributed by atoms with E-state index in [1.165, 1.54) is 11.1 Å². The minimum absolute atomic E-state index is 0.143. The Bertz CT molecular complexity index is 400. The van der Waals surface area contributed by atoms with Crippen LogP contribution in [0.4, 0.5) is 0 Å². The summed E-state index contributed by atoms with van der Waals surface area (Å²) in [6, 6.07) is 8.24. The quantitative estimate of drug-likeness (QED) is 0.683. The van der Waals surface area contributed by atoms with Crippen LogP contribution in [0.2, 0.25) is 0 Å². The Morgan fingerprint density at radius 3 is 2.70 bits per heavy atom. The molecule has 0 saturated heterocycles. The van der Waals surface area contributed by atoms with Gasteiger partial charge in [0.25, 0.3) is 0 Å². The molecule has 0 spiro atoms. The summed E-state index contributed by atoms with van der Waals surface area (Å²) in [5.74, 6) is 1.33. The van der Waals surface area contributed by atoms with E-state index in [2.05, 4.69) is 31.3 Å². The highest BCUT2D eigenvalue weighted by Gasteiger charge is 2.09. The lowest BCUT2D eigenvalue weighted by Gasteiger charge is -2.15. The molecule has 0 fully saturated rings. The zero-order valence-corrected chi connectivity index (χ0v) is 13.4. The molecule has 2 nitrogen and oxygen atoms in total. The summed E-state index contributed by atoms with van der Waals surface area (Å²) in [4.78, 5) is 11.9. The molecule has 1 aromatic carbocycles. The second-order valence-corrected chi connectivity index (χ2v) is 5.74. The van der Waals surface area contributed by atoms with Crippen molar-refractivity contribution < 1.29 is 4.79 Å². The molecule has 112 valence electrons. The fraction of sp³-hybridized carbons (Fsp3) is 0.588. The van der Waals surface area contributed by atoms with Crippen molar-refractivity contribution in [2.75, 3.05) is 12.4 Å². The van der Waals surface area contributed by atoms with Crippen LogP contribution in [0.5, 0.6) is 0 Å². The van der Waals surface area contributed by atoms with E-state index in [-0.39, 0.29) is 5.91 Å². The van der Waals surface area contributed by atoms with Crippen molar-refractivity contribution in [1.82, 2.24) is 5.32 Å². The fourth-order valence-electron chi connectivity index (χ4n) is 2.40. The van der Waals surface area contributed by atoms with Crippen LogP contribution < -0.4 is 5.32 Å². The molecule has 3 heteroatoms. The van der Waals surface area contributed by atoms with E-state index in [1.54, 1.807) is 0 Å². The summed E-state index contributed by atoms with van der Waals surface area (Å²) in [6.07, 6.45) is 4.62. The van der Waals surface area contributed by atoms with Crippen LogP contribution in [0.15, 0.2) is 24.3 Å². The molecule has 0 heterocycles. The van der Waals surface area contributed by atoms with Crippen LogP contribution in [0.3, 0.4) is 0 Å². The normalized spacial score (nSPS) is 12.2. The molecule has 1 N–H and O–H groups in total. The van der Waals surface area contributed by atoms with E-state index < -0.39 is 0 Å². The predicted octanol–water partition coefficient (Wildman–Crippen LogP) is 4.09. The molecule has 1 unspecified atom stereocenters. The van der Waals surface area contributed by atoms with Gasteiger partial charge in [0.05, 0.1) is 0 Å². The first kappa shape index (κ1) is 17.0. The van der Waals surface area contributed by atoms with Gasteiger partial charge in [-0.2, -0.15) is 0 Å². The molecule has 0 aliphatic rings. The van der Waals surface area contributed by atoms with Gasteiger partial charge in [0.1, 0.15) is 0 Å². The van der Waals surface area contributed by atoms with Crippen LogP contribution in [0, 0.1) is 12.8 Å². The lowest BCUT2D eigenvalue weighted by molar-refractivity contribution is -0.121. The van der Waals surface area contributed by atoms with Crippen LogP contribution >= 0.6 is 11.6 Å². The van der Waals surface area contributed by atoms with Crippen molar-refractivity contribution in [1.29, 1.82) is 0 Å². The number of amides is 1. The summed E-state index contributed by atoms with van der Waals surface area (Å²) in [7, 11) is 0. The summed E-state index contributed by atoms with van der Waals surface area (Å²) in [5, 5.41) is 3.04. The van der Waals surface area contributed by atoms with Gasteiger partial charge < -0.3 is 5.32 Å². The molecule has 1 atom stereocenters. The smallest absolute Gasteiger partial charge is 0.220 e. The number of carbonyl (C=O) groups is 1. The molecule has 1 amide bonds. The highest BCUT2D eigenvalue weighted by atomic mass is 35.5. The average molecular weight is 296 g/mol. The lowest BCUT2D eigenvalue weighted by atomic mass is 10.0. The molecule has 0 saturated carbocycles. The van der Waals surface area contributed by atoms with Gasteiger partial charge in [-0.15, -0.1) is 11.6 Å². The second kappa shape index (κ2) is 9.82. The van der Waals surface area contributed by atoms with E-state index in [0.717, 1.165) is 32.2 Å². The summed E-state index contributed by atoms with van der Waals surface area (Å²) < 4.78 is 0. The van der Waals surface area contributed by atoms with E-state index in [4.69, 9.17) is 11.6 Å². The van der Waals surface area contributed by atoms with Crippen molar-refractivity contribution in [3.8, 4) is 0 Å². The van der Waals surface area contributed by atoms with Gasteiger partial charge in [-0.3, -0.25) is 4.79 Å². The van der Waals surface area contributed by atoms with Gasteiger partial charge in [-0.05, 0) is 43.2 Å². The predicted molar refractivity (Wildman–Crippen MR) is 86.2 cm³/mol. The Labute approximate surface area is 127 Å². The summed E-state index contributed by atoms with van der Waals surface area (Å²) in [6.45, 7) is 5.01. The molecule has 0 aliphatic carbocycles. The zero-order chi connectivity index (χ0) is 14.8. The maximum atomic E-state index is 11.9. The Hall–Kier alpha value is -1.02. The first-order valence-electron chi connectivity index (χ1n) is 7.54. The van der Waals surface area contributed by atoms with E-state index in [9.17, 15) is 4.79 Å². The molecular weight excluding hydrogens is 270 g/mol. The Balaban J connectivity index is 2.31. The third kappa shape index (κ3) is 6.42. The van der Waals surface area contributed by atoms with Crippen molar-refractivity contribution in [3.05, 3.63) is 35.4 Å². The van der Waals surface area contributed by atoms with Crippen molar-refractivity contribution >= 4 is 17.5 Å². The largest absolute Gasteiger partial charge is 0.356 e. The van der Waals surface area contributed by atoms with Crippen LogP contribution in [-0.2, 0) is 11.2 Å². The Morgan fingerprint density at radius 1 is 1.30 bits per heavy atom. The first-order chi connectivity index (χ1) is 9.67. The Kier molecular flexibility index (Phi) is 8.36. The van der Waals surface area contributed by atoms with Crippen molar-refractivity contribution in [3.63, 3.8) is 0 Å². The van der Waals surface area contributed by atoms with Crippen molar-refractivity contribution in [2.24, 2.45) is 5.92 Å². The molecule has 1 rings (SSSR count). The molecule has 0 radical (unpaired) electrons. The second-order valence-electron chi connectivity index (χ2n) is 5.36. The number of carbonyl (C=O) groups excluding carboxylic acids is 1. The number of nitrogens with one attached hydrogen (secondary N) is 1. The maximum absolute atomic E-state index is 11.9. The summed E-state index contributed by atoms with van der Waals surface area (Å²) in [5.41, 5.74) is 2.51. The van der Waals surface area contributed by atoms with Gasteiger partial charge in [0.15, 0.2) is 0 Å². The molecule has 1 aromatic rings. The van der Waals surface area contributed by atoms with Gasteiger partial charge in [0, 0.05) is 18.8 Å². The molecule has 0 bridgehead atoms. The molecule has 0 aromatic heterocycles. The standard InChI is InChI=1S/C17H26ClNO/c1-3-6-15(11-12-18)13-19-17(20)10-9-16-8-5-4-7-14(16)2/h4-5,7-8,15H,3,6,9-13H2,1-2H3,(H,19,20). The van der Waals surface area contributed by atoms with Gasteiger partial charge in [-0.25, -0.2) is 0 Å². The number of hydrogen-bond acceptors (Lipinski definition) is 1. The van der Waals surface area contributed by atoms with Crippen LogP contribution in [0.25, 0.3) is 0 Å². The van der Waals surface area contributed by atoms with Gasteiger partial charge in [0.2, 0.25) is 5.91 Å². The zero-order valence-electron chi connectivity index (χ0n) is 12.6. The van der Waals surface area contributed by atoms with Crippen molar-refractivity contribution in [2.45, 2.75) is 46.0 Å². The minimum atomic E-state index is 0.143.